The highest BCUT2D eigenvalue weighted by Crippen LogP contribution is 2.33. The number of phenolic OH excluding ortho intramolecular Hbond substituents is 1. The van der Waals surface area contributed by atoms with Crippen LogP contribution >= 0.6 is 0 Å². The highest BCUT2D eigenvalue weighted by atomic mass is 32.2. The zero-order chi connectivity index (χ0) is 27.6. The van der Waals surface area contributed by atoms with Crippen LogP contribution in [-0.2, 0) is 14.8 Å². The summed E-state index contributed by atoms with van der Waals surface area (Å²) < 4.78 is 33.8. The third kappa shape index (κ3) is 5.36. The van der Waals surface area contributed by atoms with Gasteiger partial charge in [-0.25, -0.2) is 13.2 Å². The Kier molecular flexibility index (Phi) is 6.86. The summed E-state index contributed by atoms with van der Waals surface area (Å²) >= 11 is 0. The third-order valence-corrected chi connectivity index (χ3v) is 7.65. The molecule has 3 N–H and O–H groups in total. The van der Waals surface area contributed by atoms with E-state index in [1.807, 2.05) is 30.3 Å². The number of sulfonamides is 1. The van der Waals surface area contributed by atoms with E-state index >= 15 is 0 Å². The monoisotopic (exact) mass is 540 g/mol. The molecular formula is C29H24N4O5S. The number of nitrogens with zero attached hydrogens (tertiary/aromatic N) is 2. The van der Waals surface area contributed by atoms with Crippen LogP contribution in [0.25, 0.3) is 22.0 Å². The van der Waals surface area contributed by atoms with Crippen molar-refractivity contribution in [2.24, 2.45) is 0 Å². The van der Waals surface area contributed by atoms with Crippen LogP contribution in [0.4, 0.5) is 17.2 Å². The second-order valence-corrected chi connectivity index (χ2v) is 10.4. The van der Waals surface area contributed by atoms with Crippen molar-refractivity contribution in [3.05, 3.63) is 102 Å². The highest BCUT2D eigenvalue weighted by Gasteiger charge is 2.20. The van der Waals surface area contributed by atoms with Crippen molar-refractivity contribution in [3.63, 3.8) is 0 Å². The van der Waals surface area contributed by atoms with Crippen molar-refractivity contribution < 1.29 is 23.1 Å². The van der Waals surface area contributed by atoms with E-state index in [4.69, 9.17) is 4.74 Å². The summed E-state index contributed by atoms with van der Waals surface area (Å²) in [7, 11) is -2.60. The minimum Gasteiger partial charge on any atom is -0.508 e. The standard InChI is InChI=1S/C29H24N4O5S/c1-18-7-8-20(17-26(18)39(36,37)33-22-13-15-23(34)16-14-22)27-24-5-3-4-6-25(24)28(32-31-27)30-21-11-9-19(10-12-21)29(35)38-2/h3-17,33-34H,1-2H3,(H,30,32). The quantitative estimate of drug-likeness (QED) is 0.179. The zero-order valence-electron chi connectivity index (χ0n) is 21.0. The maximum Gasteiger partial charge on any atom is 0.337 e. The molecule has 0 aliphatic heterocycles. The maximum absolute atomic E-state index is 13.2. The molecule has 0 atom stereocenters. The molecule has 39 heavy (non-hydrogen) atoms. The van der Waals surface area contributed by atoms with Crippen molar-refractivity contribution in [1.29, 1.82) is 0 Å². The number of carbonyl (C=O) groups excluding carboxylic acids is 1. The molecule has 9 nitrogen and oxygen atoms in total. The molecule has 0 aliphatic carbocycles. The molecule has 1 heterocycles. The van der Waals surface area contributed by atoms with Gasteiger partial charge in [0.05, 0.1) is 17.6 Å². The first-order valence-electron chi connectivity index (χ1n) is 11.9. The van der Waals surface area contributed by atoms with Gasteiger partial charge in [-0.3, -0.25) is 4.72 Å². The maximum atomic E-state index is 13.2. The summed E-state index contributed by atoms with van der Waals surface area (Å²) in [5.41, 5.74) is 3.15. The normalized spacial score (nSPS) is 11.2. The number of anilines is 3. The van der Waals surface area contributed by atoms with Gasteiger partial charge in [0.1, 0.15) is 11.4 Å². The summed E-state index contributed by atoms with van der Waals surface area (Å²) in [4.78, 5) is 11.8. The molecule has 10 heteroatoms. The van der Waals surface area contributed by atoms with E-state index in [0.29, 0.717) is 39.6 Å². The number of ether oxygens (including phenoxy) is 1. The summed E-state index contributed by atoms with van der Waals surface area (Å²) in [5, 5.41) is 23.1. The fourth-order valence-electron chi connectivity index (χ4n) is 4.13. The molecule has 0 amide bonds. The number of fused-ring (bicyclic) bond motifs is 1. The van der Waals surface area contributed by atoms with Crippen molar-refractivity contribution in [3.8, 4) is 17.0 Å². The Balaban J connectivity index is 1.51. The van der Waals surface area contributed by atoms with E-state index in [9.17, 15) is 18.3 Å². The number of rotatable bonds is 7. The Morgan fingerprint density at radius 3 is 2.21 bits per heavy atom. The Hall–Kier alpha value is -4.96. The van der Waals surface area contributed by atoms with Crippen LogP contribution in [-0.4, -0.2) is 36.8 Å². The predicted octanol–water partition coefficient (Wildman–Crippen LogP) is 5.64. The summed E-state index contributed by atoms with van der Waals surface area (Å²) in [6.07, 6.45) is 0. The van der Waals surface area contributed by atoms with Crippen molar-refractivity contribution in [2.75, 3.05) is 17.1 Å². The first-order valence-corrected chi connectivity index (χ1v) is 13.4. The largest absolute Gasteiger partial charge is 0.508 e. The molecular weight excluding hydrogens is 516 g/mol. The van der Waals surface area contributed by atoms with Gasteiger partial charge in [0.2, 0.25) is 0 Å². The van der Waals surface area contributed by atoms with Gasteiger partial charge < -0.3 is 15.2 Å². The number of aromatic nitrogens is 2. The van der Waals surface area contributed by atoms with E-state index in [0.717, 1.165) is 10.8 Å². The molecule has 1 aromatic heterocycles. The lowest BCUT2D eigenvalue weighted by atomic mass is 10.0. The average Bonchev–Trinajstić information content (AvgIpc) is 2.94. The van der Waals surface area contributed by atoms with Crippen LogP contribution in [0, 0.1) is 6.92 Å². The van der Waals surface area contributed by atoms with Crippen molar-refractivity contribution in [2.45, 2.75) is 11.8 Å². The smallest absolute Gasteiger partial charge is 0.337 e. The molecule has 4 aromatic carbocycles. The predicted molar refractivity (Wildman–Crippen MR) is 150 cm³/mol. The number of esters is 1. The minimum absolute atomic E-state index is 0.0396. The second-order valence-electron chi connectivity index (χ2n) is 8.77. The number of aromatic hydroxyl groups is 1. The van der Waals surface area contributed by atoms with Gasteiger partial charge >= 0.3 is 5.97 Å². The van der Waals surface area contributed by atoms with E-state index in [1.165, 1.54) is 31.4 Å². The van der Waals surface area contributed by atoms with Crippen LogP contribution in [0.15, 0.2) is 95.9 Å². The average molecular weight is 541 g/mol. The number of nitrogens with one attached hydrogen (secondary N) is 2. The Bertz CT molecular complexity index is 1790. The second kappa shape index (κ2) is 10.4. The Morgan fingerprint density at radius 2 is 1.51 bits per heavy atom. The lowest BCUT2D eigenvalue weighted by Gasteiger charge is -2.14. The number of methoxy groups -OCH3 is 1. The highest BCUT2D eigenvalue weighted by molar-refractivity contribution is 7.92. The van der Waals surface area contributed by atoms with Gasteiger partial charge in [-0.2, -0.15) is 0 Å². The van der Waals surface area contributed by atoms with E-state index < -0.39 is 16.0 Å². The topological polar surface area (TPSA) is 131 Å². The number of aryl methyl sites for hydroxylation is 1. The molecule has 0 radical (unpaired) electrons. The van der Waals surface area contributed by atoms with Gasteiger partial charge in [0, 0.05) is 27.7 Å². The SMILES string of the molecule is COC(=O)c1ccc(Nc2nnc(-c3ccc(C)c(S(=O)(=O)Nc4ccc(O)cc4)c3)c3ccccc23)cc1. The van der Waals surface area contributed by atoms with E-state index in [2.05, 4.69) is 20.2 Å². The summed E-state index contributed by atoms with van der Waals surface area (Å²) in [6, 6.07) is 25.2. The molecule has 0 aliphatic rings. The first kappa shape index (κ1) is 25.7. The third-order valence-electron chi connectivity index (χ3n) is 6.13. The van der Waals surface area contributed by atoms with Crippen LogP contribution in [0.2, 0.25) is 0 Å². The minimum atomic E-state index is -3.93. The van der Waals surface area contributed by atoms with Crippen molar-refractivity contribution >= 4 is 44.0 Å². The fraction of sp³-hybridized carbons (Fsp3) is 0.0690. The zero-order valence-corrected chi connectivity index (χ0v) is 21.9. The molecule has 5 rings (SSSR count). The number of hydrogen-bond acceptors (Lipinski definition) is 8. The lowest BCUT2D eigenvalue weighted by molar-refractivity contribution is 0.0600. The van der Waals surface area contributed by atoms with Gasteiger partial charge in [-0.1, -0.05) is 36.4 Å². The number of hydrogen-bond donors (Lipinski definition) is 3. The van der Waals surface area contributed by atoms with Crippen LogP contribution in [0.3, 0.4) is 0 Å². The van der Waals surface area contributed by atoms with E-state index in [-0.39, 0.29) is 10.6 Å². The number of carbonyl (C=O) groups is 1. The summed E-state index contributed by atoms with van der Waals surface area (Å²) in [6.45, 7) is 1.72. The van der Waals surface area contributed by atoms with Gasteiger partial charge in [0.25, 0.3) is 10.0 Å². The molecule has 0 unspecified atom stereocenters. The Morgan fingerprint density at radius 1 is 0.846 bits per heavy atom. The van der Waals surface area contributed by atoms with Crippen LogP contribution in [0.1, 0.15) is 15.9 Å². The molecule has 0 saturated heterocycles. The molecule has 0 bridgehead atoms. The lowest BCUT2D eigenvalue weighted by Crippen LogP contribution is -2.14. The molecule has 0 fully saturated rings. The first-order chi connectivity index (χ1) is 18.7. The van der Waals surface area contributed by atoms with Crippen molar-refractivity contribution in [1.82, 2.24) is 10.2 Å². The van der Waals surface area contributed by atoms with E-state index in [1.54, 1.807) is 43.3 Å². The Labute approximate surface area is 225 Å². The molecule has 196 valence electrons. The van der Waals surface area contributed by atoms with Gasteiger partial charge in [-0.15, -0.1) is 10.2 Å². The molecule has 0 saturated carbocycles. The van der Waals surface area contributed by atoms with Crippen LogP contribution < -0.4 is 10.0 Å². The summed E-state index contributed by atoms with van der Waals surface area (Å²) in [5.74, 6) is 0.126. The number of phenols is 1. The van der Waals surface area contributed by atoms with Gasteiger partial charge in [-0.05, 0) is 67.1 Å². The van der Waals surface area contributed by atoms with Gasteiger partial charge in [0.15, 0.2) is 5.82 Å². The fourth-order valence-corrected chi connectivity index (χ4v) is 5.46. The number of benzene rings is 4. The molecule has 0 spiro atoms. The van der Waals surface area contributed by atoms with Crippen LogP contribution in [0.5, 0.6) is 5.75 Å². The molecule has 5 aromatic rings.